The maximum atomic E-state index is 11.0. The SMILES string of the molecule is CCCC(OC)c1noc(C2CNC(=O)CN2)n1. The Kier molecular flexibility index (Phi) is 4.27. The van der Waals surface area contributed by atoms with Gasteiger partial charge in [-0.25, -0.2) is 0 Å². The molecule has 0 saturated carbocycles. The van der Waals surface area contributed by atoms with E-state index in [2.05, 4.69) is 27.7 Å². The van der Waals surface area contributed by atoms with Gasteiger partial charge < -0.3 is 14.6 Å². The van der Waals surface area contributed by atoms with E-state index < -0.39 is 0 Å². The number of carbonyl (C=O) groups excluding carboxylic acids is 1. The summed E-state index contributed by atoms with van der Waals surface area (Å²) >= 11 is 0. The first-order chi connectivity index (χ1) is 8.74. The molecule has 2 rings (SSSR count). The van der Waals surface area contributed by atoms with E-state index >= 15 is 0 Å². The minimum atomic E-state index is -0.134. The molecule has 0 aromatic carbocycles. The lowest BCUT2D eigenvalue weighted by atomic mass is 10.2. The number of amides is 1. The molecule has 0 spiro atoms. The molecule has 1 aliphatic rings. The molecule has 1 aliphatic heterocycles. The number of carbonyl (C=O) groups is 1. The van der Waals surface area contributed by atoms with Crippen molar-refractivity contribution in [1.29, 1.82) is 0 Å². The largest absolute Gasteiger partial charge is 0.373 e. The van der Waals surface area contributed by atoms with E-state index in [1.54, 1.807) is 7.11 Å². The van der Waals surface area contributed by atoms with Gasteiger partial charge in [0.15, 0.2) is 0 Å². The van der Waals surface area contributed by atoms with Gasteiger partial charge in [0.25, 0.3) is 0 Å². The van der Waals surface area contributed by atoms with Crippen molar-refractivity contribution in [3.05, 3.63) is 11.7 Å². The van der Waals surface area contributed by atoms with Crippen molar-refractivity contribution in [1.82, 2.24) is 20.8 Å². The first kappa shape index (κ1) is 13.0. The van der Waals surface area contributed by atoms with Crippen LogP contribution in [0, 0.1) is 0 Å². The number of aromatic nitrogens is 2. The molecule has 0 aliphatic carbocycles. The highest BCUT2D eigenvalue weighted by Gasteiger charge is 2.25. The summed E-state index contributed by atoms with van der Waals surface area (Å²) in [6.07, 6.45) is 1.70. The third kappa shape index (κ3) is 2.85. The Labute approximate surface area is 105 Å². The Balaban J connectivity index is 2.03. The molecule has 0 bridgehead atoms. The van der Waals surface area contributed by atoms with E-state index in [0.29, 0.717) is 18.3 Å². The van der Waals surface area contributed by atoms with Crippen molar-refractivity contribution >= 4 is 5.91 Å². The van der Waals surface area contributed by atoms with Crippen molar-refractivity contribution in [3.63, 3.8) is 0 Å². The average Bonchev–Trinajstić information content (AvgIpc) is 2.86. The van der Waals surface area contributed by atoms with Crippen molar-refractivity contribution in [2.75, 3.05) is 20.2 Å². The van der Waals surface area contributed by atoms with Gasteiger partial charge in [-0.3, -0.25) is 10.1 Å². The summed E-state index contributed by atoms with van der Waals surface area (Å²) in [6, 6.07) is -0.122. The zero-order chi connectivity index (χ0) is 13.0. The Morgan fingerprint density at radius 2 is 2.44 bits per heavy atom. The number of rotatable bonds is 5. The quantitative estimate of drug-likeness (QED) is 0.786. The average molecular weight is 254 g/mol. The number of nitrogens with one attached hydrogen (secondary N) is 2. The van der Waals surface area contributed by atoms with Gasteiger partial charge in [-0.2, -0.15) is 4.98 Å². The molecular weight excluding hydrogens is 236 g/mol. The van der Waals surface area contributed by atoms with Gasteiger partial charge in [0.1, 0.15) is 12.1 Å². The molecular formula is C11H18N4O3. The highest BCUT2D eigenvalue weighted by Crippen LogP contribution is 2.21. The van der Waals surface area contributed by atoms with E-state index in [-0.39, 0.29) is 24.6 Å². The molecule has 7 nitrogen and oxygen atoms in total. The van der Waals surface area contributed by atoms with Crippen molar-refractivity contribution in [2.45, 2.75) is 31.9 Å². The number of methoxy groups -OCH3 is 1. The predicted octanol–water partition coefficient (Wildman–Crippen LogP) is 0.318. The fraction of sp³-hybridized carbons (Fsp3) is 0.727. The minimum absolute atomic E-state index is 0.0215. The van der Waals surface area contributed by atoms with Gasteiger partial charge in [-0.05, 0) is 6.42 Å². The summed E-state index contributed by atoms with van der Waals surface area (Å²) in [5.41, 5.74) is 0. The normalized spacial score (nSPS) is 21.7. The van der Waals surface area contributed by atoms with Gasteiger partial charge in [-0.1, -0.05) is 18.5 Å². The van der Waals surface area contributed by atoms with Gasteiger partial charge in [-0.15, -0.1) is 0 Å². The lowest BCUT2D eigenvalue weighted by Crippen LogP contribution is -2.47. The summed E-state index contributed by atoms with van der Waals surface area (Å²) in [6.45, 7) is 2.81. The number of hydrogen-bond acceptors (Lipinski definition) is 6. The summed E-state index contributed by atoms with van der Waals surface area (Å²) in [7, 11) is 1.63. The summed E-state index contributed by atoms with van der Waals surface area (Å²) in [4.78, 5) is 15.4. The van der Waals surface area contributed by atoms with Crippen LogP contribution in [0.15, 0.2) is 4.52 Å². The molecule has 0 radical (unpaired) electrons. The monoisotopic (exact) mass is 254 g/mol. The highest BCUT2D eigenvalue weighted by atomic mass is 16.5. The second-order valence-electron chi connectivity index (χ2n) is 4.24. The number of ether oxygens (including phenoxy) is 1. The summed E-state index contributed by atoms with van der Waals surface area (Å²) in [5, 5.41) is 9.72. The van der Waals surface area contributed by atoms with Gasteiger partial charge >= 0.3 is 0 Å². The fourth-order valence-electron chi connectivity index (χ4n) is 1.88. The third-order valence-corrected chi connectivity index (χ3v) is 2.89. The molecule has 2 heterocycles. The first-order valence-electron chi connectivity index (χ1n) is 6.11. The van der Waals surface area contributed by atoms with Crippen LogP contribution in [0.1, 0.15) is 43.6 Å². The molecule has 1 saturated heterocycles. The molecule has 1 aromatic rings. The maximum absolute atomic E-state index is 11.0. The van der Waals surface area contributed by atoms with Gasteiger partial charge in [0.05, 0.1) is 6.54 Å². The molecule has 2 atom stereocenters. The van der Waals surface area contributed by atoms with E-state index in [1.165, 1.54) is 0 Å². The topological polar surface area (TPSA) is 89.3 Å². The Morgan fingerprint density at radius 1 is 1.61 bits per heavy atom. The number of hydrogen-bond donors (Lipinski definition) is 2. The fourth-order valence-corrected chi connectivity index (χ4v) is 1.88. The van der Waals surface area contributed by atoms with Crippen molar-refractivity contribution in [2.24, 2.45) is 0 Å². The van der Waals surface area contributed by atoms with Gasteiger partial charge in [0.2, 0.25) is 17.6 Å². The van der Waals surface area contributed by atoms with Crippen LogP contribution in [-0.4, -0.2) is 36.2 Å². The summed E-state index contributed by atoms with van der Waals surface area (Å²) < 4.78 is 10.5. The van der Waals surface area contributed by atoms with Crippen LogP contribution in [0.2, 0.25) is 0 Å². The number of piperazine rings is 1. The van der Waals surface area contributed by atoms with Crippen molar-refractivity contribution in [3.8, 4) is 0 Å². The molecule has 18 heavy (non-hydrogen) atoms. The van der Waals surface area contributed by atoms with Crippen LogP contribution >= 0.6 is 0 Å². The molecule has 1 aromatic heterocycles. The van der Waals surface area contributed by atoms with Crippen LogP contribution < -0.4 is 10.6 Å². The van der Waals surface area contributed by atoms with E-state index in [1.807, 2.05) is 0 Å². The van der Waals surface area contributed by atoms with Gasteiger partial charge in [0, 0.05) is 13.7 Å². The van der Waals surface area contributed by atoms with E-state index in [0.717, 1.165) is 12.8 Å². The molecule has 100 valence electrons. The first-order valence-corrected chi connectivity index (χ1v) is 6.11. The predicted molar refractivity (Wildman–Crippen MR) is 62.7 cm³/mol. The van der Waals surface area contributed by atoms with Crippen LogP contribution in [0.4, 0.5) is 0 Å². The molecule has 7 heteroatoms. The second-order valence-corrected chi connectivity index (χ2v) is 4.24. The summed E-state index contributed by atoms with van der Waals surface area (Å²) in [5.74, 6) is 1.03. The minimum Gasteiger partial charge on any atom is -0.373 e. The van der Waals surface area contributed by atoms with Crippen molar-refractivity contribution < 1.29 is 14.1 Å². The highest BCUT2D eigenvalue weighted by molar-refractivity contribution is 5.78. The molecule has 1 amide bonds. The second kappa shape index (κ2) is 5.92. The zero-order valence-corrected chi connectivity index (χ0v) is 10.6. The zero-order valence-electron chi connectivity index (χ0n) is 10.6. The Hall–Kier alpha value is -1.47. The standard InChI is InChI=1S/C11H18N4O3/c1-3-4-8(17-2)10-14-11(18-15-10)7-5-13-9(16)6-12-7/h7-8,12H,3-6H2,1-2H3,(H,13,16). The number of nitrogens with zero attached hydrogens (tertiary/aromatic N) is 2. The Bertz CT molecular complexity index is 397. The molecule has 2 unspecified atom stereocenters. The van der Waals surface area contributed by atoms with E-state index in [9.17, 15) is 4.79 Å². The van der Waals surface area contributed by atoms with Crippen LogP contribution in [0.25, 0.3) is 0 Å². The lowest BCUT2D eigenvalue weighted by molar-refractivity contribution is -0.121. The van der Waals surface area contributed by atoms with Crippen LogP contribution in [0.3, 0.4) is 0 Å². The third-order valence-electron chi connectivity index (χ3n) is 2.89. The van der Waals surface area contributed by atoms with E-state index in [4.69, 9.17) is 9.26 Å². The smallest absolute Gasteiger partial charge is 0.245 e. The van der Waals surface area contributed by atoms with Crippen LogP contribution in [0.5, 0.6) is 0 Å². The molecule has 1 fully saturated rings. The Morgan fingerprint density at radius 3 is 3.06 bits per heavy atom. The maximum Gasteiger partial charge on any atom is 0.245 e. The molecule has 2 N–H and O–H groups in total. The van der Waals surface area contributed by atoms with Crippen LogP contribution in [-0.2, 0) is 9.53 Å². The lowest BCUT2D eigenvalue weighted by Gasteiger charge is -2.20.